The number of hydrogen-bond donors (Lipinski definition) is 0. The second-order valence-corrected chi connectivity index (χ2v) is 9.84. The van der Waals surface area contributed by atoms with Crippen molar-refractivity contribution in [3.63, 3.8) is 0 Å². The summed E-state index contributed by atoms with van der Waals surface area (Å²) in [5.41, 5.74) is 0.724. The SMILES string of the molecule is CCCCCCCCCC(CCCCCC)(CCCCCC)C1CCCC1. The Morgan fingerprint density at radius 2 is 0.815 bits per heavy atom. The van der Waals surface area contributed by atoms with Crippen LogP contribution < -0.4 is 0 Å². The van der Waals surface area contributed by atoms with Gasteiger partial charge in [0.05, 0.1) is 0 Å². The highest BCUT2D eigenvalue weighted by Gasteiger charge is 2.38. The van der Waals surface area contributed by atoms with E-state index >= 15 is 0 Å². The molecule has 1 fully saturated rings. The van der Waals surface area contributed by atoms with E-state index in [2.05, 4.69) is 20.8 Å². The molecule has 0 aliphatic heterocycles. The van der Waals surface area contributed by atoms with Crippen molar-refractivity contribution in [2.75, 3.05) is 0 Å². The van der Waals surface area contributed by atoms with Gasteiger partial charge in [0.1, 0.15) is 0 Å². The molecule has 27 heavy (non-hydrogen) atoms. The molecule has 0 atom stereocenters. The van der Waals surface area contributed by atoms with E-state index in [9.17, 15) is 0 Å². The van der Waals surface area contributed by atoms with Crippen LogP contribution in [0.3, 0.4) is 0 Å². The monoisotopic (exact) mass is 378 g/mol. The molecule has 1 aliphatic carbocycles. The van der Waals surface area contributed by atoms with Gasteiger partial charge in [-0.25, -0.2) is 0 Å². The molecule has 1 rings (SSSR count). The number of hydrogen-bond acceptors (Lipinski definition) is 0. The first-order chi connectivity index (χ1) is 13.3. The molecule has 0 N–H and O–H groups in total. The van der Waals surface area contributed by atoms with Crippen molar-refractivity contribution in [1.29, 1.82) is 0 Å². The Morgan fingerprint density at radius 3 is 1.22 bits per heavy atom. The summed E-state index contributed by atoms with van der Waals surface area (Å²) in [4.78, 5) is 0. The Labute approximate surface area is 173 Å². The van der Waals surface area contributed by atoms with Crippen LogP contribution >= 0.6 is 0 Å². The van der Waals surface area contributed by atoms with E-state index in [0.29, 0.717) is 0 Å². The van der Waals surface area contributed by atoms with Gasteiger partial charge in [0, 0.05) is 0 Å². The van der Waals surface area contributed by atoms with Crippen LogP contribution in [0, 0.1) is 11.3 Å². The van der Waals surface area contributed by atoms with E-state index in [1.54, 1.807) is 32.1 Å². The van der Waals surface area contributed by atoms with E-state index < -0.39 is 0 Å². The maximum absolute atomic E-state index is 2.35. The van der Waals surface area contributed by atoms with Crippen molar-refractivity contribution in [2.24, 2.45) is 11.3 Å². The topological polar surface area (TPSA) is 0 Å². The van der Waals surface area contributed by atoms with Gasteiger partial charge in [0.25, 0.3) is 0 Å². The first-order valence-electron chi connectivity index (χ1n) is 13.3. The Kier molecular flexibility index (Phi) is 15.7. The highest BCUT2D eigenvalue weighted by Crippen LogP contribution is 2.50. The summed E-state index contributed by atoms with van der Waals surface area (Å²) in [6, 6.07) is 0. The quantitative estimate of drug-likeness (QED) is 0.196. The number of rotatable bonds is 19. The molecule has 1 saturated carbocycles. The van der Waals surface area contributed by atoms with Crippen LogP contribution in [-0.4, -0.2) is 0 Å². The predicted molar refractivity (Wildman–Crippen MR) is 125 cm³/mol. The molecular weight excluding hydrogens is 324 g/mol. The molecule has 0 nitrogen and oxygen atoms in total. The standard InChI is InChI=1S/C27H54/c1-4-7-10-13-14-15-20-25-27(23-18-11-8-5-2,24-19-12-9-6-3)26-21-16-17-22-26/h26H,4-25H2,1-3H3. The average Bonchev–Trinajstić information content (AvgIpc) is 3.22. The van der Waals surface area contributed by atoms with Crippen LogP contribution in [0.15, 0.2) is 0 Å². The number of unbranched alkanes of at least 4 members (excludes halogenated alkanes) is 12. The fraction of sp³-hybridized carbons (Fsp3) is 1.00. The van der Waals surface area contributed by atoms with Gasteiger partial charge in [-0.15, -0.1) is 0 Å². The van der Waals surface area contributed by atoms with E-state index in [1.807, 2.05) is 0 Å². The average molecular weight is 379 g/mol. The molecule has 0 radical (unpaired) electrons. The van der Waals surface area contributed by atoms with Gasteiger partial charge in [0.2, 0.25) is 0 Å². The normalized spacial score (nSPS) is 15.7. The highest BCUT2D eigenvalue weighted by atomic mass is 14.4. The Morgan fingerprint density at radius 1 is 0.481 bits per heavy atom. The molecular formula is C27H54. The van der Waals surface area contributed by atoms with Crippen LogP contribution in [0.5, 0.6) is 0 Å². The van der Waals surface area contributed by atoms with Crippen molar-refractivity contribution in [3.05, 3.63) is 0 Å². The lowest BCUT2D eigenvalue weighted by molar-refractivity contribution is 0.103. The van der Waals surface area contributed by atoms with Gasteiger partial charge < -0.3 is 0 Å². The van der Waals surface area contributed by atoms with Crippen molar-refractivity contribution in [3.8, 4) is 0 Å². The van der Waals surface area contributed by atoms with Crippen molar-refractivity contribution in [1.82, 2.24) is 0 Å². The summed E-state index contributed by atoms with van der Waals surface area (Å²) in [7, 11) is 0. The van der Waals surface area contributed by atoms with E-state index in [-0.39, 0.29) is 0 Å². The first-order valence-corrected chi connectivity index (χ1v) is 13.3. The van der Waals surface area contributed by atoms with Crippen molar-refractivity contribution in [2.45, 2.75) is 162 Å². The third-order valence-corrected chi connectivity index (χ3v) is 7.56. The van der Waals surface area contributed by atoms with Gasteiger partial charge in [-0.3, -0.25) is 0 Å². The molecule has 0 unspecified atom stereocenters. The molecule has 162 valence electrons. The lowest BCUT2D eigenvalue weighted by atomic mass is 9.65. The second kappa shape index (κ2) is 16.9. The van der Waals surface area contributed by atoms with Gasteiger partial charge in [0.15, 0.2) is 0 Å². The fourth-order valence-corrected chi connectivity index (χ4v) is 5.77. The molecule has 1 aliphatic rings. The predicted octanol–water partition coefficient (Wildman–Crippen LogP) is 10.2. The Hall–Kier alpha value is 0. The van der Waals surface area contributed by atoms with Crippen molar-refractivity contribution >= 4 is 0 Å². The largest absolute Gasteiger partial charge is 0.0654 e. The lowest BCUT2D eigenvalue weighted by Crippen LogP contribution is -2.29. The zero-order chi connectivity index (χ0) is 19.6. The summed E-state index contributed by atoms with van der Waals surface area (Å²) in [5.74, 6) is 1.07. The maximum atomic E-state index is 2.35. The van der Waals surface area contributed by atoms with Crippen LogP contribution in [0.4, 0.5) is 0 Å². The summed E-state index contributed by atoms with van der Waals surface area (Å²) >= 11 is 0. The molecule has 0 aromatic rings. The molecule has 0 bridgehead atoms. The zero-order valence-corrected chi connectivity index (χ0v) is 19.6. The van der Waals surface area contributed by atoms with Crippen LogP contribution in [0.2, 0.25) is 0 Å². The highest BCUT2D eigenvalue weighted by molar-refractivity contribution is 4.89. The second-order valence-electron chi connectivity index (χ2n) is 9.84. The molecule has 0 saturated heterocycles. The van der Waals surface area contributed by atoms with E-state index in [0.717, 1.165) is 11.3 Å². The summed E-state index contributed by atoms with van der Waals surface area (Å²) in [6.07, 6.45) is 32.8. The minimum absolute atomic E-state index is 0.724. The first kappa shape index (κ1) is 25.0. The molecule has 0 aromatic carbocycles. The fourth-order valence-electron chi connectivity index (χ4n) is 5.77. The molecule has 0 aromatic heterocycles. The smallest absolute Gasteiger partial charge is 0.0269 e. The lowest BCUT2D eigenvalue weighted by Gasteiger charge is -2.40. The van der Waals surface area contributed by atoms with Gasteiger partial charge >= 0.3 is 0 Å². The van der Waals surface area contributed by atoms with Crippen molar-refractivity contribution < 1.29 is 0 Å². The minimum Gasteiger partial charge on any atom is -0.0654 e. The summed E-state index contributed by atoms with van der Waals surface area (Å²) < 4.78 is 0. The molecule has 0 amide bonds. The molecule has 0 heterocycles. The van der Waals surface area contributed by atoms with E-state index in [1.165, 1.54) is 109 Å². The van der Waals surface area contributed by atoms with Crippen LogP contribution in [0.1, 0.15) is 162 Å². The van der Waals surface area contributed by atoms with Crippen LogP contribution in [0.25, 0.3) is 0 Å². The third kappa shape index (κ3) is 10.9. The minimum atomic E-state index is 0.724. The Bertz CT molecular complexity index is 287. The summed E-state index contributed by atoms with van der Waals surface area (Å²) in [6.45, 7) is 7.04. The van der Waals surface area contributed by atoms with Crippen LogP contribution in [-0.2, 0) is 0 Å². The van der Waals surface area contributed by atoms with E-state index in [4.69, 9.17) is 0 Å². The Balaban J connectivity index is 2.55. The van der Waals surface area contributed by atoms with Gasteiger partial charge in [-0.1, -0.05) is 130 Å². The molecule has 0 heteroatoms. The molecule has 0 spiro atoms. The van der Waals surface area contributed by atoms with Gasteiger partial charge in [-0.05, 0) is 43.4 Å². The summed E-state index contributed by atoms with van der Waals surface area (Å²) in [5, 5.41) is 0. The third-order valence-electron chi connectivity index (χ3n) is 7.56. The van der Waals surface area contributed by atoms with Gasteiger partial charge in [-0.2, -0.15) is 0 Å². The zero-order valence-electron chi connectivity index (χ0n) is 19.6. The maximum Gasteiger partial charge on any atom is -0.0269 e.